The maximum atomic E-state index is 10.5. The van der Waals surface area contributed by atoms with Crippen molar-refractivity contribution < 1.29 is 9.90 Å². The first kappa shape index (κ1) is 7.84. The van der Waals surface area contributed by atoms with Crippen LogP contribution < -0.4 is 0 Å². The molecule has 2 nitrogen and oxygen atoms in total. The Morgan fingerprint density at radius 2 is 2.33 bits per heavy atom. The van der Waals surface area contributed by atoms with Gasteiger partial charge in [0.1, 0.15) is 0 Å². The number of aliphatic carboxylic acids is 1. The fourth-order valence-electron chi connectivity index (χ4n) is 2.74. The Balaban J connectivity index is 1.91. The van der Waals surface area contributed by atoms with Gasteiger partial charge in [-0.25, -0.2) is 0 Å². The summed E-state index contributed by atoms with van der Waals surface area (Å²) in [6.45, 7) is 3.96. The molecule has 0 radical (unpaired) electrons. The van der Waals surface area contributed by atoms with E-state index in [2.05, 4.69) is 6.58 Å². The van der Waals surface area contributed by atoms with E-state index in [1.165, 1.54) is 5.57 Å². The molecule has 0 aromatic heterocycles. The van der Waals surface area contributed by atoms with Gasteiger partial charge in [0, 0.05) is 6.42 Å². The van der Waals surface area contributed by atoms with E-state index >= 15 is 0 Å². The van der Waals surface area contributed by atoms with Gasteiger partial charge in [0.25, 0.3) is 0 Å². The van der Waals surface area contributed by atoms with Gasteiger partial charge < -0.3 is 5.11 Å². The van der Waals surface area contributed by atoms with Gasteiger partial charge in [-0.1, -0.05) is 12.2 Å². The first-order chi connectivity index (χ1) is 5.66. The first-order valence-electron chi connectivity index (χ1n) is 4.55. The molecule has 0 aromatic carbocycles. The van der Waals surface area contributed by atoms with Crippen LogP contribution in [0.4, 0.5) is 0 Å². The van der Waals surface area contributed by atoms with Crippen LogP contribution in [0.25, 0.3) is 0 Å². The van der Waals surface area contributed by atoms with E-state index in [-0.39, 0.29) is 0 Å². The van der Waals surface area contributed by atoms with Crippen molar-refractivity contribution in [2.24, 2.45) is 17.8 Å². The highest BCUT2D eigenvalue weighted by Crippen LogP contribution is 2.53. The second-order valence-electron chi connectivity index (χ2n) is 4.18. The summed E-state index contributed by atoms with van der Waals surface area (Å²) in [5.74, 6) is 1.25. The van der Waals surface area contributed by atoms with Crippen LogP contribution >= 0.6 is 0 Å². The van der Waals surface area contributed by atoms with E-state index in [1.807, 2.05) is 0 Å². The second kappa shape index (κ2) is 2.61. The number of hydrogen-bond donors (Lipinski definition) is 1. The van der Waals surface area contributed by atoms with Crippen molar-refractivity contribution in [3.8, 4) is 0 Å². The molecule has 12 heavy (non-hydrogen) atoms. The van der Waals surface area contributed by atoms with E-state index in [1.54, 1.807) is 0 Å². The fraction of sp³-hybridized carbons (Fsp3) is 0.700. The maximum absolute atomic E-state index is 10.5. The van der Waals surface area contributed by atoms with Crippen molar-refractivity contribution in [1.82, 2.24) is 0 Å². The zero-order valence-electron chi connectivity index (χ0n) is 7.12. The monoisotopic (exact) mass is 166 g/mol. The molecule has 2 rings (SSSR count). The third-order valence-corrected chi connectivity index (χ3v) is 3.33. The summed E-state index contributed by atoms with van der Waals surface area (Å²) in [4.78, 5) is 10.5. The highest BCUT2D eigenvalue weighted by atomic mass is 16.4. The molecule has 3 atom stereocenters. The lowest BCUT2D eigenvalue weighted by molar-refractivity contribution is -0.140. The SMILES string of the molecule is C=C1CC2C[C@H](CC(=O)O)C2C1. The van der Waals surface area contributed by atoms with Crippen LogP contribution in [0.1, 0.15) is 25.7 Å². The number of hydrogen-bond acceptors (Lipinski definition) is 1. The van der Waals surface area contributed by atoms with Crippen molar-refractivity contribution in [1.29, 1.82) is 0 Å². The molecule has 2 aliphatic carbocycles. The van der Waals surface area contributed by atoms with Gasteiger partial charge in [0.2, 0.25) is 0 Å². The van der Waals surface area contributed by atoms with Gasteiger partial charge in [0.05, 0.1) is 0 Å². The molecular weight excluding hydrogens is 152 g/mol. The summed E-state index contributed by atoms with van der Waals surface area (Å²) in [6, 6.07) is 0. The van der Waals surface area contributed by atoms with E-state index in [4.69, 9.17) is 5.11 Å². The van der Waals surface area contributed by atoms with Crippen molar-refractivity contribution in [3.05, 3.63) is 12.2 Å². The van der Waals surface area contributed by atoms with Crippen LogP contribution in [-0.4, -0.2) is 11.1 Å². The number of carbonyl (C=O) groups is 1. The van der Waals surface area contributed by atoms with Gasteiger partial charge in [-0.15, -0.1) is 0 Å². The summed E-state index contributed by atoms with van der Waals surface area (Å²) in [6.07, 6.45) is 3.73. The Labute approximate surface area is 72.3 Å². The van der Waals surface area contributed by atoms with Crippen molar-refractivity contribution >= 4 is 5.97 Å². The summed E-state index contributed by atoms with van der Waals surface area (Å²) in [7, 11) is 0. The van der Waals surface area contributed by atoms with E-state index in [9.17, 15) is 4.79 Å². The Bertz CT molecular complexity index is 232. The zero-order chi connectivity index (χ0) is 8.72. The molecule has 2 unspecified atom stereocenters. The molecule has 1 N–H and O–H groups in total. The predicted octanol–water partition coefficient (Wildman–Crippen LogP) is 2.06. The van der Waals surface area contributed by atoms with Gasteiger partial charge in [-0.3, -0.25) is 4.79 Å². The average Bonchev–Trinajstić information content (AvgIpc) is 2.24. The molecular formula is C10H14O2. The van der Waals surface area contributed by atoms with Gasteiger partial charge in [-0.2, -0.15) is 0 Å². The average molecular weight is 166 g/mol. The highest BCUT2D eigenvalue weighted by Gasteiger charge is 2.45. The summed E-state index contributed by atoms with van der Waals surface area (Å²) in [5.41, 5.74) is 1.33. The van der Waals surface area contributed by atoms with Crippen LogP contribution in [0, 0.1) is 17.8 Å². The lowest BCUT2D eigenvalue weighted by Gasteiger charge is -2.39. The molecule has 2 heteroatoms. The molecule has 0 heterocycles. The Hall–Kier alpha value is -0.790. The Morgan fingerprint density at radius 1 is 1.58 bits per heavy atom. The standard InChI is InChI=1S/C10H14O2/c1-6-2-7-4-8(5-10(11)12)9(7)3-6/h7-9H,1-5H2,(H,11,12)/t7?,8-,9?/m1/s1. The van der Waals surface area contributed by atoms with Crippen LogP contribution in [-0.2, 0) is 4.79 Å². The van der Waals surface area contributed by atoms with E-state index < -0.39 is 5.97 Å². The molecule has 2 aliphatic rings. The molecule has 0 aromatic rings. The lowest BCUT2D eigenvalue weighted by atomic mass is 9.65. The molecule has 0 amide bonds. The molecule has 2 saturated carbocycles. The maximum Gasteiger partial charge on any atom is 0.303 e. The number of carboxylic acids is 1. The van der Waals surface area contributed by atoms with Crippen molar-refractivity contribution in [3.63, 3.8) is 0 Å². The molecule has 0 spiro atoms. The number of fused-ring (bicyclic) bond motifs is 1. The normalized spacial score (nSPS) is 39.0. The van der Waals surface area contributed by atoms with Crippen LogP contribution in [0.15, 0.2) is 12.2 Å². The minimum atomic E-state index is -0.643. The van der Waals surface area contributed by atoms with Crippen LogP contribution in [0.5, 0.6) is 0 Å². The minimum absolute atomic E-state index is 0.369. The Morgan fingerprint density at radius 3 is 2.92 bits per heavy atom. The third-order valence-electron chi connectivity index (χ3n) is 3.33. The molecule has 0 aliphatic heterocycles. The van der Waals surface area contributed by atoms with Crippen molar-refractivity contribution in [2.45, 2.75) is 25.7 Å². The molecule has 2 fully saturated rings. The fourth-order valence-corrected chi connectivity index (χ4v) is 2.74. The molecule has 0 saturated heterocycles. The number of rotatable bonds is 2. The minimum Gasteiger partial charge on any atom is -0.481 e. The van der Waals surface area contributed by atoms with Crippen LogP contribution in [0.2, 0.25) is 0 Å². The van der Waals surface area contributed by atoms with E-state index in [0.717, 1.165) is 25.2 Å². The van der Waals surface area contributed by atoms with Crippen molar-refractivity contribution in [2.75, 3.05) is 0 Å². The smallest absolute Gasteiger partial charge is 0.303 e. The summed E-state index contributed by atoms with van der Waals surface area (Å²) < 4.78 is 0. The third kappa shape index (κ3) is 1.15. The topological polar surface area (TPSA) is 37.3 Å². The molecule has 66 valence electrons. The second-order valence-corrected chi connectivity index (χ2v) is 4.18. The van der Waals surface area contributed by atoms with Gasteiger partial charge >= 0.3 is 5.97 Å². The zero-order valence-corrected chi connectivity index (χ0v) is 7.12. The first-order valence-corrected chi connectivity index (χ1v) is 4.55. The summed E-state index contributed by atoms with van der Waals surface area (Å²) >= 11 is 0. The lowest BCUT2D eigenvalue weighted by Crippen LogP contribution is -2.33. The summed E-state index contributed by atoms with van der Waals surface area (Å²) in [5, 5.41) is 8.61. The number of allylic oxidation sites excluding steroid dienone is 1. The Kier molecular flexibility index (Phi) is 1.71. The van der Waals surface area contributed by atoms with E-state index in [0.29, 0.717) is 18.3 Å². The van der Waals surface area contributed by atoms with Gasteiger partial charge in [0.15, 0.2) is 0 Å². The van der Waals surface area contributed by atoms with Gasteiger partial charge in [-0.05, 0) is 37.0 Å². The number of carboxylic acid groups (broad SMARTS) is 1. The largest absolute Gasteiger partial charge is 0.481 e. The molecule has 0 bridgehead atoms. The highest BCUT2D eigenvalue weighted by molar-refractivity contribution is 5.67. The van der Waals surface area contributed by atoms with Crippen LogP contribution in [0.3, 0.4) is 0 Å². The quantitative estimate of drug-likeness (QED) is 0.637. The predicted molar refractivity (Wildman–Crippen MR) is 45.7 cm³/mol.